The van der Waals surface area contributed by atoms with Crippen molar-refractivity contribution in [2.75, 3.05) is 0 Å². The van der Waals surface area contributed by atoms with Crippen LogP contribution in [0.3, 0.4) is 0 Å². The summed E-state index contributed by atoms with van der Waals surface area (Å²) in [5, 5.41) is 20.1. The van der Waals surface area contributed by atoms with Gasteiger partial charge >= 0.3 is 0 Å². The van der Waals surface area contributed by atoms with Crippen molar-refractivity contribution in [1.29, 1.82) is 0 Å². The molecule has 14 heavy (non-hydrogen) atoms. The highest BCUT2D eigenvalue weighted by atomic mass is 16.5. The Morgan fingerprint density at radius 1 is 1.50 bits per heavy atom. The lowest BCUT2D eigenvalue weighted by Gasteiger charge is -1.92. The first-order chi connectivity index (χ1) is 6.78. The predicted molar refractivity (Wildman–Crippen MR) is 46.3 cm³/mol. The van der Waals surface area contributed by atoms with E-state index in [4.69, 9.17) is 9.63 Å². The van der Waals surface area contributed by atoms with Crippen LogP contribution in [-0.4, -0.2) is 25.3 Å². The van der Waals surface area contributed by atoms with Crippen molar-refractivity contribution in [1.82, 2.24) is 20.2 Å². The molecule has 0 spiro atoms. The number of rotatable bonds is 3. The molecule has 0 aliphatic rings. The molecule has 1 N–H and O–H groups in total. The predicted octanol–water partition coefficient (Wildman–Crippen LogP) is 0.115. The van der Waals surface area contributed by atoms with E-state index in [-0.39, 0.29) is 6.61 Å². The number of hydrogen-bond donors (Lipinski definition) is 1. The molecule has 2 aromatic rings. The number of nitrogens with zero attached hydrogens (tertiary/aromatic N) is 4. The van der Waals surface area contributed by atoms with Gasteiger partial charge in [0.2, 0.25) is 0 Å². The highest BCUT2D eigenvalue weighted by Crippen LogP contribution is 2.03. The molecule has 0 aromatic carbocycles. The lowest BCUT2D eigenvalue weighted by atomic mass is 10.4. The average molecular weight is 194 g/mol. The number of aliphatic hydroxyl groups is 1. The fourth-order valence-corrected chi connectivity index (χ4v) is 1.15. The van der Waals surface area contributed by atoms with E-state index in [0.717, 1.165) is 11.5 Å². The van der Waals surface area contributed by atoms with Crippen LogP contribution in [0.4, 0.5) is 0 Å². The quantitative estimate of drug-likeness (QED) is 0.750. The first-order valence-corrected chi connectivity index (χ1v) is 4.20. The summed E-state index contributed by atoms with van der Waals surface area (Å²) in [6, 6.07) is 1.83. The maximum absolute atomic E-state index is 8.77. The molecular weight excluding hydrogens is 184 g/mol. The third-order valence-corrected chi connectivity index (χ3v) is 1.75. The molecule has 0 saturated carbocycles. The Bertz CT molecular complexity index is 420. The summed E-state index contributed by atoms with van der Waals surface area (Å²) in [5.74, 6) is 0.766. The van der Waals surface area contributed by atoms with Gasteiger partial charge in [0.1, 0.15) is 17.1 Å². The molecule has 0 bridgehead atoms. The summed E-state index contributed by atoms with van der Waals surface area (Å²) < 4.78 is 6.51. The molecule has 0 atom stereocenters. The second-order valence-corrected chi connectivity index (χ2v) is 2.99. The van der Waals surface area contributed by atoms with E-state index < -0.39 is 0 Å². The summed E-state index contributed by atoms with van der Waals surface area (Å²) in [6.07, 6.45) is 1.67. The largest absolute Gasteiger partial charge is 0.390 e. The third kappa shape index (κ3) is 1.80. The zero-order valence-corrected chi connectivity index (χ0v) is 7.71. The maximum atomic E-state index is 8.77. The van der Waals surface area contributed by atoms with Gasteiger partial charge in [-0.2, -0.15) is 0 Å². The van der Waals surface area contributed by atoms with E-state index in [0.29, 0.717) is 12.2 Å². The summed E-state index contributed by atoms with van der Waals surface area (Å²) in [5.41, 5.74) is 1.34. The molecule has 0 radical (unpaired) electrons. The number of aromatic nitrogens is 4. The SMILES string of the molecule is Cc1cc(Cn2cc(CO)nn2)no1. The molecule has 0 aliphatic heterocycles. The van der Waals surface area contributed by atoms with E-state index >= 15 is 0 Å². The van der Waals surface area contributed by atoms with Crippen LogP contribution in [0.2, 0.25) is 0 Å². The molecule has 0 saturated heterocycles. The number of aliphatic hydroxyl groups excluding tert-OH is 1. The van der Waals surface area contributed by atoms with E-state index in [9.17, 15) is 0 Å². The molecule has 6 heteroatoms. The van der Waals surface area contributed by atoms with Crippen LogP contribution in [0.25, 0.3) is 0 Å². The summed E-state index contributed by atoms with van der Waals surface area (Å²) in [4.78, 5) is 0. The minimum Gasteiger partial charge on any atom is -0.390 e. The molecular formula is C8H10N4O2. The van der Waals surface area contributed by atoms with Gasteiger partial charge in [0.25, 0.3) is 0 Å². The van der Waals surface area contributed by atoms with Crippen LogP contribution >= 0.6 is 0 Å². The lowest BCUT2D eigenvalue weighted by Crippen LogP contribution is -2.00. The Labute approximate surface area is 80.1 Å². The van der Waals surface area contributed by atoms with Crippen molar-refractivity contribution >= 4 is 0 Å². The highest BCUT2D eigenvalue weighted by Gasteiger charge is 2.03. The van der Waals surface area contributed by atoms with E-state index in [1.54, 1.807) is 10.9 Å². The topological polar surface area (TPSA) is 77.0 Å². The Morgan fingerprint density at radius 2 is 2.36 bits per heavy atom. The molecule has 0 unspecified atom stereocenters. The standard InChI is InChI=1S/C8H10N4O2/c1-6-2-7(10-14-6)3-12-4-8(5-13)9-11-12/h2,4,13H,3,5H2,1H3. The minimum atomic E-state index is -0.0994. The second-order valence-electron chi connectivity index (χ2n) is 2.99. The molecule has 2 heterocycles. The highest BCUT2D eigenvalue weighted by molar-refractivity contribution is 5.04. The molecule has 6 nitrogen and oxygen atoms in total. The van der Waals surface area contributed by atoms with Crippen LogP contribution in [0.5, 0.6) is 0 Å². The van der Waals surface area contributed by atoms with Crippen molar-refractivity contribution < 1.29 is 9.63 Å². The van der Waals surface area contributed by atoms with Crippen LogP contribution in [0.1, 0.15) is 17.1 Å². The molecule has 2 rings (SSSR count). The zero-order chi connectivity index (χ0) is 9.97. The Morgan fingerprint density at radius 3 is 2.93 bits per heavy atom. The molecule has 0 fully saturated rings. The van der Waals surface area contributed by atoms with Crippen molar-refractivity contribution in [2.24, 2.45) is 0 Å². The van der Waals surface area contributed by atoms with Gasteiger partial charge in [-0.25, -0.2) is 4.68 Å². The Kier molecular flexibility index (Phi) is 2.28. The average Bonchev–Trinajstić information content (AvgIpc) is 2.76. The number of hydrogen-bond acceptors (Lipinski definition) is 5. The van der Waals surface area contributed by atoms with Crippen LogP contribution in [0.15, 0.2) is 16.8 Å². The minimum absolute atomic E-state index is 0.0994. The van der Waals surface area contributed by atoms with Crippen molar-refractivity contribution in [3.8, 4) is 0 Å². The van der Waals surface area contributed by atoms with Crippen LogP contribution in [-0.2, 0) is 13.2 Å². The normalized spacial score (nSPS) is 10.7. The molecule has 2 aromatic heterocycles. The van der Waals surface area contributed by atoms with Crippen LogP contribution < -0.4 is 0 Å². The van der Waals surface area contributed by atoms with Crippen LogP contribution in [0, 0.1) is 6.92 Å². The molecule has 0 aliphatic carbocycles. The summed E-state index contributed by atoms with van der Waals surface area (Å²) in [6.45, 7) is 2.24. The summed E-state index contributed by atoms with van der Waals surface area (Å²) >= 11 is 0. The smallest absolute Gasteiger partial charge is 0.133 e. The van der Waals surface area contributed by atoms with Gasteiger partial charge in [-0.1, -0.05) is 10.4 Å². The van der Waals surface area contributed by atoms with Crippen molar-refractivity contribution in [2.45, 2.75) is 20.1 Å². The van der Waals surface area contributed by atoms with Crippen molar-refractivity contribution in [3.63, 3.8) is 0 Å². The van der Waals surface area contributed by atoms with Gasteiger partial charge in [0.05, 0.1) is 19.3 Å². The summed E-state index contributed by atoms with van der Waals surface area (Å²) in [7, 11) is 0. The van der Waals surface area contributed by atoms with E-state index in [1.165, 1.54) is 0 Å². The fraction of sp³-hybridized carbons (Fsp3) is 0.375. The lowest BCUT2D eigenvalue weighted by molar-refractivity contribution is 0.276. The second kappa shape index (κ2) is 3.59. The van der Waals surface area contributed by atoms with E-state index in [1.807, 2.05) is 13.0 Å². The van der Waals surface area contributed by atoms with Crippen molar-refractivity contribution in [3.05, 3.63) is 29.4 Å². The first kappa shape index (κ1) is 8.89. The first-order valence-electron chi connectivity index (χ1n) is 4.20. The fourth-order valence-electron chi connectivity index (χ4n) is 1.15. The number of aryl methyl sites for hydroxylation is 1. The van der Waals surface area contributed by atoms with Gasteiger partial charge in [-0.05, 0) is 6.92 Å². The molecule has 74 valence electrons. The monoisotopic (exact) mass is 194 g/mol. The van der Waals surface area contributed by atoms with Gasteiger partial charge < -0.3 is 9.63 Å². The van der Waals surface area contributed by atoms with Gasteiger partial charge in [-0.15, -0.1) is 5.10 Å². The zero-order valence-electron chi connectivity index (χ0n) is 7.71. The third-order valence-electron chi connectivity index (χ3n) is 1.75. The Hall–Kier alpha value is -1.69. The van der Waals surface area contributed by atoms with E-state index in [2.05, 4.69) is 15.5 Å². The van der Waals surface area contributed by atoms with Gasteiger partial charge in [0, 0.05) is 6.07 Å². The van der Waals surface area contributed by atoms with Gasteiger partial charge in [-0.3, -0.25) is 0 Å². The molecule has 0 amide bonds. The van der Waals surface area contributed by atoms with Gasteiger partial charge in [0.15, 0.2) is 0 Å². The maximum Gasteiger partial charge on any atom is 0.133 e. The Balaban J connectivity index is 2.10.